The van der Waals surface area contributed by atoms with Gasteiger partial charge in [-0.1, -0.05) is 81.6 Å². The van der Waals surface area contributed by atoms with Crippen molar-refractivity contribution in [2.75, 3.05) is 7.11 Å². The van der Waals surface area contributed by atoms with Crippen LogP contribution in [0.3, 0.4) is 0 Å². The van der Waals surface area contributed by atoms with Crippen molar-refractivity contribution < 1.29 is 4.74 Å². The first-order valence-corrected chi connectivity index (χ1v) is 15.1. The molecule has 1 N–H and O–H groups in total. The number of nitrogens with zero attached hydrogens (tertiary/aromatic N) is 7. The average Bonchev–Trinajstić information content (AvgIpc) is 3.69. The number of aromatic nitrogens is 8. The fourth-order valence-corrected chi connectivity index (χ4v) is 6.24. The van der Waals surface area contributed by atoms with Gasteiger partial charge in [-0.2, -0.15) is 5.21 Å². The zero-order valence-corrected chi connectivity index (χ0v) is 25.2. The molecule has 2 aromatic carbocycles. The molecule has 3 aromatic heterocycles. The molecule has 0 spiro atoms. The van der Waals surface area contributed by atoms with Crippen LogP contribution in [0.5, 0.6) is 0 Å². The molecular weight excluding hydrogens is 544 g/mol. The molecule has 1 saturated carbocycles. The van der Waals surface area contributed by atoms with Gasteiger partial charge in [0, 0.05) is 31.7 Å². The number of imidazole rings is 1. The number of tetrazole rings is 1. The van der Waals surface area contributed by atoms with Crippen molar-refractivity contribution in [3.63, 3.8) is 0 Å². The number of methoxy groups -OCH3 is 1. The van der Waals surface area contributed by atoms with E-state index in [1.54, 1.807) is 11.5 Å². The monoisotopic (exact) mass is 582 g/mol. The smallest absolute Gasteiger partial charge is 0.334 e. The van der Waals surface area contributed by atoms with Crippen molar-refractivity contribution in [2.45, 2.75) is 78.1 Å². The summed E-state index contributed by atoms with van der Waals surface area (Å²) in [6.07, 6.45) is 4.80. The quantitative estimate of drug-likeness (QED) is 0.256. The second-order valence-corrected chi connectivity index (χ2v) is 11.8. The fourth-order valence-electron chi connectivity index (χ4n) is 6.24. The minimum Gasteiger partial charge on any atom is -0.361 e. The largest absolute Gasteiger partial charge is 0.361 e. The van der Waals surface area contributed by atoms with Crippen LogP contribution in [-0.4, -0.2) is 46.4 Å². The van der Waals surface area contributed by atoms with Gasteiger partial charge in [-0.05, 0) is 47.6 Å². The van der Waals surface area contributed by atoms with Crippen molar-refractivity contribution in [3.8, 4) is 22.5 Å². The Morgan fingerprint density at radius 2 is 1.67 bits per heavy atom. The highest BCUT2D eigenvalue weighted by Crippen LogP contribution is 2.34. The van der Waals surface area contributed by atoms with Crippen LogP contribution in [0.25, 0.3) is 33.7 Å². The van der Waals surface area contributed by atoms with E-state index in [9.17, 15) is 9.59 Å². The molecule has 1 aliphatic carbocycles. The standard InChI is InChI=1S/C32H38N8O3/c1-20(2)18-39-30-27(31(41)40(32(39)42)21(3)43-4)38(29(33-30)24-10-6-5-7-11-24)19-22-14-16-23(17-15-22)25-12-8-9-13-26(25)28-34-36-37-35-28/h8-9,12-17,20-21,24H,5-7,10-11,18-19H2,1-4H3,(H,34,35,36,37). The lowest BCUT2D eigenvalue weighted by atomic mass is 9.88. The van der Waals surface area contributed by atoms with Gasteiger partial charge < -0.3 is 9.30 Å². The van der Waals surface area contributed by atoms with Crippen LogP contribution in [0.4, 0.5) is 0 Å². The molecule has 5 aromatic rings. The van der Waals surface area contributed by atoms with E-state index < -0.39 is 6.23 Å². The first-order chi connectivity index (χ1) is 20.9. The third-order valence-corrected chi connectivity index (χ3v) is 8.43. The Morgan fingerprint density at radius 3 is 2.33 bits per heavy atom. The fraction of sp³-hybridized carbons (Fsp3) is 0.438. The third kappa shape index (κ3) is 5.45. The SMILES string of the molecule is COC(C)n1c(=O)c2c(nc(C3CCCCC3)n2Cc2ccc(-c3ccccc3-c3nn[nH]n3)cc2)n(CC(C)C)c1=O. The van der Waals surface area contributed by atoms with Crippen molar-refractivity contribution in [1.29, 1.82) is 0 Å². The lowest BCUT2D eigenvalue weighted by Crippen LogP contribution is -2.43. The van der Waals surface area contributed by atoms with Gasteiger partial charge >= 0.3 is 5.69 Å². The molecule has 0 bridgehead atoms. The van der Waals surface area contributed by atoms with Gasteiger partial charge in [-0.25, -0.2) is 14.3 Å². The maximum absolute atomic E-state index is 14.1. The van der Waals surface area contributed by atoms with Crippen LogP contribution < -0.4 is 11.2 Å². The minimum atomic E-state index is -0.706. The zero-order valence-electron chi connectivity index (χ0n) is 25.2. The Balaban J connectivity index is 1.48. The predicted octanol–water partition coefficient (Wildman–Crippen LogP) is 5.12. The summed E-state index contributed by atoms with van der Waals surface area (Å²) in [5, 5.41) is 14.6. The molecule has 1 atom stereocenters. The van der Waals surface area contributed by atoms with Crippen LogP contribution in [-0.2, 0) is 17.8 Å². The minimum absolute atomic E-state index is 0.191. The number of ether oxygens (including phenoxy) is 1. The molecule has 11 nitrogen and oxygen atoms in total. The summed E-state index contributed by atoms with van der Waals surface area (Å²) in [6, 6.07) is 16.3. The summed E-state index contributed by atoms with van der Waals surface area (Å²) in [5.41, 5.74) is 4.12. The summed E-state index contributed by atoms with van der Waals surface area (Å²) in [7, 11) is 1.51. The molecule has 1 aliphatic rings. The summed E-state index contributed by atoms with van der Waals surface area (Å²) in [4.78, 5) is 32.8. The number of nitrogens with one attached hydrogen (secondary N) is 1. The molecule has 0 radical (unpaired) electrons. The Kier molecular flexibility index (Phi) is 8.07. The Morgan fingerprint density at radius 1 is 0.953 bits per heavy atom. The Labute approximate surface area is 249 Å². The number of hydrogen-bond donors (Lipinski definition) is 1. The Hall–Kier alpha value is -4.38. The van der Waals surface area contributed by atoms with Gasteiger partial charge in [0.2, 0.25) is 5.82 Å². The van der Waals surface area contributed by atoms with Gasteiger partial charge in [-0.15, -0.1) is 10.2 Å². The van der Waals surface area contributed by atoms with Crippen LogP contribution in [0, 0.1) is 5.92 Å². The van der Waals surface area contributed by atoms with Crippen molar-refractivity contribution >= 4 is 11.2 Å². The lowest BCUT2D eigenvalue weighted by Gasteiger charge is -2.22. The van der Waals surface area contributed by atoms with Gasteiger partial charge in [0.25, 0.3) is 5.56 Å². The molecule has 0 amide bonds. The summed E-state index contributed by atoms with van der Waals surface area (Å²) in [6.45, 7) is 6.77. The van der Waals surface area contributed by atoms with Crippen LogP contribution in [0.15, 0.2) is 58.1 Å². The number of H-pyrrole nitrogens is 1. The lowest BCUT2D eigenvalue weighted by molar-refractivity contribution is 0.0528. The average molecular weight is 583 g/mol. The van der Waals surface area contributed by atoms with E-state index in [4.69, 9.17) is 9.72 Å². The highest BCUT2D eigenvalue weighted by atomic mass is 16.5. The number of aromatic amines is 1. The van der Waals surface area contributed by atoms with Crippen molar-refractivity contribution in [2.24, 2.45) is 5.92 Å². The van der Waals surface area contributed by atoms with Crippen LogP contribution in [0.2, 0.25) is 0 Å². The van der Waals surface area contributed by atoms with Crippen LogP contribution in [0.1, 0.15) is 76.4 Å². The summed E-state index contributed by atoms with van der Waals surface area (Å²) in [5.74, 6) is 1.85. The second kappa shape index (κ2) is 12.1. The number of benzene rings is 2. The first kappa shape index (κ1) is 28.7. The highest BCUT2D eigenvalue weighted by Gasteiger charge is 2.28. The molecule has 11 heteroatoms. The molecule has 43 heavy (non-hydrogen) atoms. The maximum atomic E-state index is 14.1. The topological polar surface area (TPSA) is 126 Å². The van der Waals surface area contributed by atoms with Gasteiger partial charge in [0.05, 0.1) is 0 Å². The van der Waals surface area contributed by atoms with Gasteiger partial charge in [-0.3, -0.25) is 9.36 Å². The second-order valence-electron chi connectivity index (χ2n) is 11.8. The van der Waals surface area contributed by atoms with E-state index >= 15 is 0 Å². The number of fused-ring (bicyclic) bond motifs is 1. The van der Waals surface area contributed by atoms with E-state index in [2.05, 4.69) is 63.3 Å². The first-order valence-electron chi connectivity index (χ1n) is 15.1. The summed E-state index contributed by atoms with van der Waals surface area (Å²) >= 11 is 0. The van der Waals surface area contributed by atoms with E-state index in [0.717, 1.165) is 53.8 Å². The third-order valence-electron chi connectivity index (χ3n) is 8.43. The molecule has 0 aliphatic heterocycles. The maximum Gasteiger partial charge on any atom is 0.334 e. The Bertz CT molecular complexity index is 1830. The van der Waals surface area contributed by atoms with E-state index in [-0.39, 0.29) is 23.1 Å². The molecule has 3 heterocycles. The molecule has 1 fully saturated rings. The van der Waals surface area contributed by atoms with Crippen molar-refractivity contribution in [3.05, 3.63) is 80.8 Å². The van der Waals surface area contributed by atoms with Crippen LogP contribution >= 0.6 is 0 Å². The molecule has 6 rings (SSSR count). The van der Waals surface area contributed by atoms with E-state index in [0.29, 0.717) is 30.1 Å². The normalized spacial score (nSPS) is 15.0. The zero-order chi connectivity index (χ0) is 30.1. The van der Waals surface area contributed by atoms with Crippen molar-refractivity contribution in [1.82, 2.24) is 39.3 Å². The highest BCUT2D eigenvalue weighted by molar-refractivity contribution is 5.80. The van der Waals surface area contributed by atoms with Gasteiger partial charge in [0.15, 0.2) is 11.2 Å². The predicted molar refractivity (Wildman–Crippen MR) is 165 cm³/mol. The van der Waals surface area contributed by atoms with E-state index in [1.807, 2.05) is 24.3 Å². The molecule has 0 saturated heterocycles. The number of hydrogen-bond acceptors (Lipinski definition) is 7. The van der Waals surface area contributed by atoms with E-state index in [1.165, 1.54) is 18.1 Å². The molecular formula is C32H38N8O3. The number of rotatable bonds is 9. The molecule has 224 valence electrons. The molecule has 1 unspecified atom stereocenters. The summed E-state index contributed by atoms with van der Waals surface area (Å²) < 4.78 is 10.4. The van der Waals surface area contributed by atoms with Gasteiger partial charge in [0.1, 0.15) is 12.1 Å².